The third-order valence-electron chi connectivity index (χ3n) is 4.85. The van der Waals surface area contributed by atoms with Crippen molar-refractivity contribution in [2.24, 2.45) is 0 Å². The summed E-state index contributed by atoms with van der Waals surface area (Å²) in [4.78, 5) is 6.01. The molecule has 0 aliphatic carbocycles. The van der Waals surface area contributed by atoms with Crippen LogP contribution in [0.4, 0.5) is 0 Å². The molecule has 0 saturated heterocycles. The zero-order valence-electron chi connectivity index (χ0n) is 17.7. The number of rotatable bonds is 7. The van der Waals surface area contributed by atoms with Gasteiger partial charge in [-0.15, -0.1) is 10.2 Å². The average molecular weight is 538 g/mol. The van der Waals surface area contributed by atoms with Crippen LogP contribution in [0.25, 0.3) is 15.4 Å². The van der Waals surface area contributed by atoms with Crippen molar-refractivity contribution in [2.75, 3.05) is 28.3 Å². The molecule has 0 amide bonds. The van der Waals surface area contributed by atoms with Crippen LogP contribution in [0.5, 0.6) is 11.5 Å². The lowest BCUT2D eigenvalue weighted by Crippen LogP contribution is -2.23. The number of benzene rings is 1. The summed E-state index contributed by atoms with van der Waals surface area (Å²) in [6.07, 6.45) is 5.66. The lowest BCUT2D eigenvalue weighted by atomic mass is 10.1. The molecular weight excluding hydrogens is 518 g/mol. The lowest BCUT2D eigenvalue weighted by molar-refractivity contribution is 0.353. The second kappa shape index (κ2) is 8.77. The molecule has 1 aromatic carbocycles. The first-order valence-corrected chi connectivity index (χ1v) is 12.4. The molecular formula is C20H20BrN5O4S2. The molecule has 0 N–H and O–H groups in total. The van der Waals surface area contributed by atoms with Gasteiger partial charge in [0.25, 0.3) is 0 Å². The van der Waals surface area contributed by atoms with E-state index in [-0.39, 0.29) is 11.3 Å². The Balaban J connectivity index is 1.81. The van der Waals surface area contributed by atoms with Crippen molar-refractivity contribution in [3.63, 3.8) is 0 Å². The zero-order valence-corrected chi connectivity index (χ0v) is 21.0. The third-order valence-corrected chi connectivity index (χ3v) is 8.20. The van der Waals surface area contributed by atoms with Gasteiger partial charge in [-0.05, 0) is 33.6 Å². The van der Waals surface area contributed by atoms with Crippen LogP contribution in [0.2, 0.25) is 0 Å². The highest BCUT2D eigenvalue weighted by molar-refractivity contribution is 9.10. The van der Waals surface area contributed by atoms with Gasteiger partial charge in [0, 0.05) is 55.2 Å². The first kappa shape index (κ1) is 22.6. The minimum absolute atomic E-state index is 0.128. The van der Waals surface area contributed by atoms with E-state index in [1.807, 2.05) is 16.7 Å². The number of thiazole rings is 1. The molecule has 0 fully saturated rings. The SMILES string of the molecule is COc1cc(Cc2nnc3sc(-c4cncc(Br)c4)cn23)c(S(=O)(=O)N(C)C)cc1OC. The highest BCUT2D eigenvalue weighted by Gasteiger charge is 2.25. The van der Waals surface area contributed by atoms with Crippen LogP contribution >= 0.6 is 27.3 Å². The van der Waals surface area contributed by atoms with Crippen molar-refractivity contribution in [3.05, 3.63) is 52.7 Å². The Morgan fingerprint density at radius 3 is 2.47 bits per heavy atom. The minimum atomic E-state index is -3.73. The van der Waals surface area contributed by atoms with Crippen molar-refractivity contribution in [3.8, 4) is 21.9 Å². The topological polar surface area (TPSA) is 98.9 Å². The van der Waals surface area contributed by atoms with Crippen LogP contribution in [0, 0.1) is 0 Å². The number of aromatic nitrogens is 4. The van der Waals surface area contributed by atoms with Gasteiger partial charge < -0.3 is 9.47 Å². The van der Waals surface area contributed by atoms with E-state index in [0.29, 0.717) is 27.8 Å². The molecule has 0 radical (unpaired) electrons. The third kappa shape index (κ3) is 4.10. The monoisotopic (exact) mass is 537 g/mol. The maximum absolute atomic E-state index is 13.0. The maximum Gasteiger partial charge on any atom is 0.242 e. The molecule has 0 aliphatic rings. The van der Waals surface area contributed by atoms with Gasteiger partial charge in [-0.25, -0.2) is 12.7 Å². The molecule has 3 aromatic heterocycles. The summed E-state index contributed by atoms with van der Waals surface area (Å²) >= 11 is 4.92. The Labute approximate surface area is 197 Å². The summed E-state index contributed by atoms with van der Waals surface area (Å²) in [7, 11) is 2.22. The highest BCUT2D eigenvalue weighted by atomic mass is 79.9. The number of halogens is 1. The summed E-state index contributed by atoms with van der Waals surface area (Å²) in [5.41, 5.74) is 1.48. The first-order valence-electron chi connectivity index (χ1n) is 9.36. The minimum Gasteiger partial charge on any atom is -0.493 e. The molecule has 0 aliphatic heterocycles. The first-order chi connectivity index (χ1) is 15.2. The van der Waals surface area contributed by atoms with E-state index in [4.69, 9.17) is 9.47 Å². The Bertz CT molecular complexity index is 1400. The Morgan fingerprint density at radius 2 is 1.81 bits per heavy atom. The van der Waals surface area contributed by atoms with Crippen molar-refractivity contribution < 1.29 is 17.9 Å². The molecule has 0 bridgehead atoms. The number of pyridine rings is 1. The summed E-state index contributed by atoms with van der Waals surface area (Å²) in [6.45, 7) is 0. The average Bonchev–Trinajstić information content (AvgIpc) is 3.35. The van der Waals surface area contributed by atoms with Crippen LogP contribution in [0.1, 0.15) is 11.4 Å². The van der Waals surface area contributed by atoms with Gasteiger partial charge in [-0.3, -0.25) is 9.38 Å². The number of nitrogens with zero attached hydrogens (tertiary/aromatic N) is 5. The van der Waals surface area contributed by atoms with Crippen LogP contribution in [0.15, 0.2) is 46.2 Å². The smallest absolute Gasteiger partial charge is 0.242 e. The summed E-state index contributed by atoms with van der Waals surface area (Å²) in [6, 6.07) is 5.12. The number of fused-ring (bicyclic) bond motifs is 1. The van der Waals surface area contributed by atoms with Crippen LogP contribution < -0.4 is 9.47 Å². The zero-order chi connectivity index (χ0) is 23.0. The van der Waals surface area contributed by atoms with E-state index in [2.05, 4.69) is 31.1 Å². The number of hydrogen-bond acceptors (Lipinski definition) is 8. The van der Waals surface area contributed by atoms with Gasteiger partial charge >= 0.3 is 0 Å². The second-order valence-corrected chi connectivity index (χ2v) is 11.1. The molecule has 4 rings (SSSR count). The van der Waals surface area contributed by atoms with E-state index in [9.17, 15) is 8.42 Å². The van der Waals surface area contributed by atoms with Crippen molar-refractivity contribution in [1.29, 1.82) is 0 Å². The largest absolute Gasteiger partial charge is 0.493 e. The van der Waals surface area contributed by atoms with Gasteiger partial charge in [-0.2, -0.15) is 0 Å². The Morgan fingerprint density at radius 1 is 1.09 bits per heavy atom. The maximum atomic E-state index is 13.0. The van der Waals surface area contributed by atoms with Gasteiger partial charge in [0.15, 0.2) is 11.5 Å². The van der Waals surface area contributed by atoms with Gasteiger partial charge in [0.1, 0.15) is 5.82 Å². The Kier molecular flexibility index (Phi) is 6.21. The van der Waals surface area contributed by atoms with Gasteiger partial charge in [0.2, 0.25) is 15.0 Å². The number of sulfonamides is 1. The summed E-state index contributed by atoms with van der Waals surface area (Å²) in [5.74, 6) is 1.38. The fourth-order valence-electron chi connectivity index (χ4n) is 3.20. The molecule has 0 spiro atoms. The molecule has 0 unspecified atom stereocenters. The lowest BCUT2D eigenvalue weighted by Gasteiger charge is -2.17. The number of hydrogen-bond donors (Lipinski definition) is 0. The molecule has 32 heavy (non-hydrogen) atoms. The summed E-state index contributed by atoms with van der Waals surface area (Å²) < 4.78 is 40.7. The van der Waals surface area contributed by atoms with E-state index >= 15 is 0 Å². The van der Waals surface area contributed by atoms with Crippen molar-refractivity contribution in [1.82, 2.24) is 23.9 Å². The van der Waals surface area contributed by atoms with E-state index < -0.39 is 10.0 Å². The van der Waals surface area contributed by atoms with E-state index in [1.54, 1.807) is 18.5 Å². The van der Waals surface area contributed by atoms with Gasteiger partial charge in [-0.1, -0.05) is 11.3 Å². The molecule has 9 nitrogen and oxygen atoms in total. The Hall–Kier alpha value is -2.54. The molecule has 12 heteroatoms. The molecule has 4 aromatic rings. The standard InChI is InChI=1S/C20H20BrN5O4S2/c1-25(2)32(27,28)18-8-16(30-4)15(29-3)6-12(18)7-19-23-24-20-26(19)11-17(31-20)13-5-14(21)10-22-9-13/h5-6,8-11H,7H2,1-4H3. The van der Waals surface area contributed by atoms with Gasteiger partial charge in [0.05, 0.1) is 24.0 Å². The van der Waals surface area contributed by atoms with Crippen molar-refractivity contribution in [2.45, 2.75) is 11.3 Å². The highest BCUT2D eigenvalue weighted by Crippen LogP contribution is 2.35. The predicted octanol–water partition coefficient (Wildman–Crippen LogP) is 3.47. The summed E-state index contributed by atoms with van der Waals surface area (Å²) in [5, 5.41) is 8.56. The second-order valence-electron chi connectivity index (χ2n) is 7.04. The van der Waals surface area contributed by atoms with Crippen LogP contribution in [-0.2, 0) is 16.4 Å². The van der Waals surface area contributed by atoms with Crippen LogP contribution in [-0.4, -0.2) is 60.6 Å². The number of methoxy groups -OCH3 is 2. The van der Waals surface area contributed by atoms with E-state index in [0.717, 1.165) is 14.9 Å². The quantitative estimate of drug-likeness (QED) is 0.355. The van der Waals surface area contributed by atoms with Crippen LogP contribution in [0.3, 0.4) is 0 Å². The molecule has 3 heterocycles. The fraction of sp³-hybridized carbons (Fsp3) is 0.250. The predicted molar refractivity (Wildman–Crippen MR) is 125 cm³/mol. The molecule has 0 saturated carbocycles. The van der Waals surface area contributed by atoms with Crippen molar-refractivity contribution >= 4 is 42.3 Å². The molecule has 168 valence electrons. The van der Waals surface area contributed by atoms with E-state index in [1.165, 1.54) is 50.0 Å². The molecule has 0 atom stereocenters. The fourth-order valence-corrected chi connectivity index (χ4v) is 5.60. The normalized spacial score (nSPS) is 11.9. The number of ether oxygens (including phenoxy) is 2.